The van der Waals surface area contributed by atoms with Gasteiger partial charge >= 0.3 is 6.09 Å². The minimum atomic E-state index is -2.10. The summed E-state index contributed by atoms with van der Waals surface area (Å²) < 4.78 is 4.60. The van der Waals surface area contributed by atoms with Gasteiger partial charge in [-0.05, 0) is 6.42 Å². The molecule has 168 valence electrons. The van der Waals surface area contributed by atoms with Gasteiger partial charge in [0, 0.05) is 6.42 Å². The largest absolute Gasteiger partial charge is 0.414 e. The molecule has 0 heterocycles. The Labute approximate surface area is 171 Å². The third-order valence-corrected chi connectivity index (χ3v) is 5.36. The van der Waals surface area contributed by atoms with Crippen molar-refractivity contribution in [1.29, 1.82) is 0 Å². The van der Waals surface area contributed by atoms with Crippen molar-refractivity contribution in [3.8, 4) is 0 Å². The summed E-state index contributed by atoms with van der Waals surface area (Å²) in [6, 6.07) is 0. The number of primary amides is 1. The summed E-state index contributed by atoms with van der Waals surface area (Å²) in [7, 11) is 0. The zero-order chi connectivity index (χ0) is 21.1. The molecule has 0 rings (SSSR count). The van der Waals surface area contributed by atoms with Crippen molar-refractivity contribution in [2.24, 2.45) is 5.73 Å². The molecule has 0 aromatic carbocycles. The number of aliphatic hydroxyl groups is 3. The third kappa shape index (κ3) is 15.1. The summed E-state index contributed by atoms with van der Waals surface area (Å²) in [6.45, 7) is 1.56. The van der Waals surface area contributed by atoms with Crippen molar-refractivity contribution in [1.82, 2.24) is 0 Å². The van der Waals surface area contributed by atoms with Gasteiger partial charge in [0.05, 0.1) is 6.61 Å². The number of hydrogen-bond donors (Lipinski definition) is 4. The molecule has 1 amide bonds. The number of ether oxygens (including phenoxy) is 1. The highest BCUT2D eigenvalue weighted by molar-refractivity contribution is 5.65. The molecule has 0 radical (unpaired) electrons. The number of unbranched alkanes of at least 4 members (excludes halogenated alkanes) is 15. The van der Waals surface area contributed by atoms with E-state index in [0.717, 1.165) is 19.3 Å². The Hall–Kier alpha value is -0.850. The SMILES string of the molecule is CCCCCCCCCCCCCCCCCCC(O)(OC(N)=O)C(O)CO. The molecular formula is C22H45NO5. The first-order valence-electron chi connectivity index (χ1n) is 11.5. The minimum absolute atomic E-state index is 0.0656. The average molecular weight is 404 g/mol. The molecule has 28 heavy (non-hydrogen) atoms. The predicted octanol–water partition coefficient (Wildman–Crippen LogP) is 4.78. The van der Waals surface area contributed by atoms with Crippen LogP contribution in [-0.2, 0) is 4.74 Å². The molecule has 0 saturated carbocycles. The number of carbonyl (C=O) groups is 1. The second-order valence-corrected chi connectivity index (χ2v) is 8.02. The fourth-order valence-electron chi connectivity index (χ4n) is 3.53. The Kier molecular flexibility index (Phi) is 17.6. The number of carbonyl (C=O) groups excluding carboxylic acids is 1. The summed E-state index contributed by atoms with van der Waals surface area (Å²) in [6.07, 6.45) is 17.2. The first-order chi connectivity index (χ1) is 13.5. The van der Waals surface area contributed by atoms with E-state index >= 15 is 0 Å². The summed E-state index contributed by atoms with van der Waals surface area (Å²) in [4.78, 5) is 10.9. The zero-order valence-electron chi connectivity index (χ0n) is 18.0. The van der Waals surface area contributed by atoms with E-state index < -0.39 is 24.6 Å². The maximum absolute atomic E-state index is 10.9. The molecule has 0 spiro atoms. The molecule has 0 bridgehead atoms. The maximum Gasteiger partial charge on any atom is 0.407 e. The molecule has 0 saturated heterocycles. The minimum Gasteiger partial charge on any atom is -0.414 e. The molecule has 0 aliphatic rings. The highest BCUT2D eigenvalue weighted by Crippen LogP contribution is 2.22. The van der Waals surface area contributed by atoms with E-state index in [-0.39, 0.29) is 6.42 Å². The first kappa shape index (κ1) is 27.1. The molecule has 0 aromatic heterocycles. The second-order valence-electron chi connectivity index (χ2n) is 8.02. The van der Waals surface area contributed by atoms with E-state index in [0.29, 0.717) is 6.42 Å². The van der Waals surface area contributed by atoms with Crippen LogP contribution in [0.5, 0.6) is 0 Å². The molecule has 0 aliphatic heterocycles. The van der Waals surface area contributed by atoms with Gasteiger partial charge < -0.3 is 25.8 Å². The molecule has 6 heteroatoms. The quantitative estimate of drug-likeness (QED) is 0.173. The van der Waals surface area contributed by atoms with Crippen LogP contribution in [0, 0.1) is 0 Å². The van der Waals surface area contributed by atoms with E-state index in [2.05, 4.69) is 11.7 Å². The van der Waals surface area contributed by atoms with E-state index in [1.807, 2.05) is 0 Å². The molecular weight excluding hydrogens is 358 g/mol. The molecule has 0 aromatic rings. The van der Waals surface area contributed by atoms with Crippen molar-refractivity contribution in [2.75, 3.05) is 6.61 Å². The number of nitrogens with two attached hydrogens (primary N) is 1. The Morgan fingerprint density at radius 2 is 1.18 bits per heavy atom. The normalized spacial score (nSPS) is 14.6. The van der Waals surface area contributed by atoms with Gasteiger partial charge in [0.25, 0.3) is 0 Å². The first-order valence-corrected chi connectivity index (χ1v) is 11.5. The molecule has 6 nitrogen and oxygen atoms in total. The highest BCUT2D eigenvalue weighted by Gasteiger charge is 2.38. The number of hydrogen-bond acceptors (Lipinski definition) is 5. The lowest BCUT2D eigenvalue weighted by Crippen LogP contribution is -2.49. The predicted molar refractivity (Wildman–Crippen MR) is 113 cm³/mol. The number of rotatable bonds is 20. The van der Waals surface area contributed by atoms with E-state index in [1.165, 1.54) is 77.0 Å². The fraction of sp³-hybridized carbons (Fsp3) is 0.955. The Bertz CT molecular complexity index is 367. The topological polar surface area (TPSA) is 113 Å². The van der Waals surface area contributed by atoms with E-state index in [1.54, 1.807) is 0 Å². The van der Waals surface area contributed by atoms with Crippen molar-refractivity contribution < 1.29 is 24.9 Å². The molecule has 0 fully saturated rings. The van der Waals surface area contributed by atoms with Crippen LogP contribution in [0.3, 0.4) is 0 Å². The van der Waals surface area contributed by atoms with Crippen LogP contribution in [0.4, 0.5) is 4.79 Å². The third-order valence-electron chi connectivity index (χ3n) is 5.36. The molecule has 2 atom stereocenters. The monoisotopic (exact) mass is 403 g/mol. The van der Waals surface area contributed by atoms with Crippen LogP contribution in [0.15, 0.2) is 0 Å². The highest BCUT2D eigenvalue weighted by atomic mass is 16.7. The standard InChI is InChI=1S/C22H45NO5/c1-2-3-4-5-6-7-8-9-10-11-12-13-14-15-16-17-18-22(27,20(25)19-24)28-21(23)26/h20,24-25,27H,2-19H2,1H3,(H2,23,26). The Morgan fingerprint density at radius 1 is 0.821 bits per heavy atom. The van der Waals surface area contributed by atoms with Gasteiger partial charge in [0.2, 0.25) is 5.79 Å². The lowest BCUT2D eigenvalue weighted by atomic mass is 10.0. The van der Waals surface area contributed by atoms with Crippen molar-refractivity contribution in [3.63, 3.8) is 0 Å². The van der Waals surface area contributed by atoms with Gasteiger partial charge in [-0.15, -0.1) is 0 Å². The summed E-state index contributed by atoms with van der Waals surface area (Å²) in [5.74, 6) is -2.10. The van der Waals surface area contributed by atoms with E-state index in [4.69, 9.17) is 10.8 Å². The van der Waals surface area contributed by atoms with Crippen LogP contribution in [0.1, 0.15) is 116 Å². The Balaban J connectivity index is 3.48. The van der Waals surface area contributed by atoms with Crippen molar-refractivity contribution in [2.45, 2.75) is 128 Å². The smallest absolute Gasteiger partial charge is 0.407 e. The summed E-state index contributed by atoms with van der Waals surface area (Å²) in [5.41, 5.74) is 4.92. The van der Waals surface area contributed by atoms with Crippen molar-refractivity contribution >= 4 is 6.09 Å². The van der Waals surface area contributed by atoms with E-state index in [9.17, 15) is 15.0 Å². The van der Waals surface area contributed by atoms with Crippen LogP contribution in [0.2, 0.25) is 0 Å². The van der Waals surface area contributed by atoms with Crippen LogP contribution in [-0.4, -0.2) is 39.9 Å². The van der Waals surface area contributed by atoms with Gasteiger partial charge in [0.1, 0.15) is 6.10 Å². The lowest BCUT2D eigenvalue weighted by molar-refractivity contribution is -0.233. The van der Waals surface area contributed by atoms with Gasteiger partial charge in [-0.3, -0.25) is 0 Å². The summed E-state index contributed by atoms with van der Waals surface area (Å²) in [5, 5.41) is 28.7. The number of aliphatic hydroxyl groups excluding tert-OH is 2. The Morgan fingerprint density at radius 3 is 1.50 bits per heavy atom. The summed E-state index contributed by atoms with van der Waals surface area (Å²) >= 11 is 0. The van der Waals surface area contributed by atoms with Crippen LogP contribution in [0.25, 0.3) is 0 Å². The zero-order valence-corrected chi connectivity index (χ0v) is 18.0. The molecule has 5 N–H and O–H groups in total. The van der Waals surface area contributed by atoms with Crippen molar-refractivity contribution in [3.05, 3.63) is 0 Å². The number of amides is 1. The second kappa shape index (κ2) is 18.2. The average Bonchev–Trinajstić information content (AvgIpc) is 2.66. The van der Waals surface area contributed by atoms with Crippen LogP contribution >= 0.6 is 0 Å². The van der Waals surface area contributed by atoms with Crippen LogP contribution < -0.4 is 5.73 Å². The van der Waals surface area contributed by atoms with Gasteiger partial charge in [-0.2, -0.15) is 0 Å². The van der Waals surface area contributed by atoms with Gasteiger partial charge in [-0.1, -0.05) is 103 Å². The molecule has 2 unspecified atom stereocenters. The van der Waals surface area contributed by atoms with Gasteiger partial charge in [0.15, 0.2) is 0 Å². The van der Waals surface area contributed by atoms with Gasteiger partial charge in [-0.25, -0.2) is 4.79 Å². The fourth-order valence-corrected chi connectivity index (χ4v) is 3.53. The maximum atomic E-state index is 10.9. The molecule has 0 aliphatic carbocycles. The lowest BCUT2D eigenvalue weighted by Gasteiger charge is -2.30.